The Morgan fingerprint density at radius 3 is 2.59 bits per heavy atom. The van der Waals surface area contributed by atoms with Crippen LogP contribution < -0.4 is 4.72 Å². The summed E-state index contributed by atoms with van der Waals surface area (Å²) in [6.07, 6.45) is 1.55. The van der Waals surface area contributed by atoms with Crippen LogP contribution in [0.25, 0.3) is 0 Å². The number of aromatic nitrogens is 2. The summed E-state index contributed by atoms with van der Waals surface area (Å²) in [5.74, 6) is -1.06. The van der Waals surface area contributed by atoms with Gasteiger partial charge in [-0.3, -0.25) is 4.79 Å². The van der Waals surface area contributed by atoms with Crippen LogP contribution in [0.4, 0.5) is 0 Å². The van der Waals surface area contributed by atoms with E-state index in [9.17, 15) is 18.0 Å². The highest BCUT2D eigenvalue weighted by atomic mass is 35.5. The second-order valence-electron chi connectivity index (χ2n) is 7.08. The number of halogens is 1. The summed E-state index contributed by atoms with van der Waals surface area (Å²) >= 11 is 7.59. The minimum atomic E-state index is -3.26. The Hall–Kier alpha value is -2.53. The first kappa shape index (κ1) is 24.1. The fourth-order valence-corrected chi connectivity index (χ4v) is 4.66. The Morgan fingerprint density at radius 1 is 1.19 bits per heavy atom. The van der Waals surface area contributed by atoms with E-state index < -0.39 is 22.6 Å². The number of ketones is 1. The van der Waals surface area contributed by atoms with Crippen LogP contribution in [0.15, 0.2) is 42.5 Å². The van der Waals surface area contributed by atoms with Crippen LogP contribution in [-0.2, 0) is 27.7 Å². The second-order valence-corrected chi connectivity index (χ2v) is 10.4. The fraction of sp³-hybridized carbons (Fsp3) is 0.286. The zero-order valence-electron chi connectivity index (χ0n) is 17.5. The van der Waals surface area contributed by atoms with E-state index >= 15 is 0 Å². The van der Waals surface area contributed by atoms with Gasteiger partial charge in [-0.2, -0.15) is 5.10 Å². The number of thiophene rings is 1. The summed E-state index contributed by atoms with van der Waals surface area (Å²) in [5.41, 5.74) is 1.53. The van der Waals surface area contributed by atoms with Gasteiger partial charge in [0.25, 0.3) is 0 Å². The van der Waals surface area contributed by atoms with E-state index in [0.29, 0.717) is 23.5 Å². The lowest BCUT2D eigenvalue weighted by atomic mass is 10.2. The third kappa shape index (κ3) is 6.49. The number of nitrogens with one attached hydrogen (secondary N) is 1. The van der Waals surface area contributed by atoms with Crippen molar-refractivity contribution >= 4 is 44.7 Å². The van der Waals surface area contributed by atoms with E-state index in [4.69, 9.17) is 16.3 Å². The van der Waals surface area contributed by atoms with Crippen LogP contribution in [-0.4, -0.2) is 49.4 Å². The summed E-state index contributed by atoms with van der Waals surface area (Å²) in [6, 6.07) is 12.9. The van der Waals surface area contributed by atoms with Crippen molar-refractivity contribution in [1.29, 1.82) is 0 Å². The molecular formula is C21H22ClN3O5S2. The Kier molecular flexibility index (Phi) is 7.83. The molecule has 0 aliphatic carbocycles. The predicted octanol–water partition coefficient (Wildman–Crippen LogP) is 3.09. The minimum absolute atomic E-state index is 0.133. The highest BCUT2D eigenvalue weighted by Gasteiger charge is 2.23. The van der Waals surface area contributed by atoms with Gasteiger partial charge in [-0.25, -0.2) is 22.6 Å². The average molecular weight is 496 g/mol. The van der Waals surface area contributed by atoms with Gasteiger partial charge in [0, 0.05) is 11.4 Å². The molecule has 0 saturated heterocycles. The van der Waals surface area contributed by atoms with Gasteiger partial charge in [0.05, 0.1) is 23.4 Å². The molecule has 0 atom stereocenters. The smallest absolute Gasteiger partial charge is 0.343 e. The molecule has 3 rings (SSSR count). The molecular weight excluding hydrogens is 474 g/mol. The monoisotopic (exact) mass is 495 g/mol. The second kappa shape index (κ2) is 10.4. The Morgan fingerprint density at radius 2 is 1.91 bits per heavy atom. The molecule has 2 aromatic heterocycles. The molecule has 0 bridgehead atoms. The molecule has 0 spiro atoms. The molecule has 0 aliphatic heterocycles. The van der Waals surface area contributed by atoms with Crippen LogP contribution >= 0.6 is 22.9 Å². The van der Waals surface area contributed by atoms with Crippen molar-refractivity contribution in [2.24, 2.45) is 0 Å². The largest absolute Gasteiger partial charge is 0.454 e. The van der Waals surface area contributed by atoms with Gasteiger partial charge >= 0.3 is 5.97 Å². The van der Waals surface area contributed by atoms with Crippen LogP contribution in [0.3, 0.4) is 0 Å². The minimum Gasteiger partial charge on any atom is -0.454 e. The van der Waals surface area contributed by atoms with Crippen molar-refractivity contribution in [2.45, 2.75) is 19.9 Å². The van der Waals surface area contributed by atoms with Gasteiger partial charge < -0.3 is 4.74 Å². The number of hydrogen-bond donors (Lipinski definition) is 1. The zero-order chi connectivity index (χ0) is 23.3. The number of rotatable bonds is 10. The third-order valence-corrected chi connectivity index (χ3v) is 6.75. The molecule has 170 valence electrons. The number of benzene rings is 1. The highest BCUT2D eigenvalue weighted by molar-refractivity contribution is 7.88. The number of Topliss-reactive ketones (excluding diaryl/α,β-unsaturated/α-hetero) is 1. The predicted molar refractivity (Wildman–Crippen MR) is 123 cm³/mol. The van der Waals surface area contributed by atoms with E-state index in [2.05, 4.69) is 9.82 Å². The number of hydrogen-bond acceptors (Lipinski definition) is 7. The molecule has 0 unspecified atom stereocenters. The van der Waals surface area contributed by atoms with E-state index in [-0.39, 0.29) is 23.0 Å². The van der Waals surface area contributed by atoms with E-state index in [1.807, 2.05) is 30.3 Å². The number of aryl methyl sites for hydroxylation is 1. The van der Waals surface area contributed by atoms with Gasteiger partial charge in [-0.15, -0.1) is 11.3 Å². The Bertz CT molecular complexity index is 1220. The molecule has 0 amide bonds. The summed E-state index contributed by atoms with van der Waals surface area (Å²) in [5, 5.41) is 4.47. The Labute approximate surface area is 195 Å². The Balaban J connectivity index is 1.58. The van der Waals surface area contributed by atoms with Crippen LogP contribution in [0.5, 0.6) is 0 Å². The molecule has 0 aliphatic rings. The maximum atomic E-state index is 12.6. The van der Waals surface area contributed by atoms with Gasteiger partial charge in [0.1, 0.15) is 10.7 Å². The molecule has 2 heterocycles. The number of sulfonamides is 1. The van der Waals surface area contributed by atoms with Crippen molar-refractivity contribution in [1.82, 2.24) is 14.5 Å². The number of esters is 1. The third-order valence-electron chi connectivity index (χ3n) is 4.45. The molecule has 1 aromatic carbocycles. The topological polar surface area (TPSA) is 107 Å². The average Bonchev–Trinajstić information content (AvgIpc) is 3.30. The molecule has 0 saturated carbocycles. The lowest BCUT2D eigenvalue weighted by molar-refractivity contribution is 0.0475. The van der Waals surface area contributed by atoms with E-state index in [0.717, 1.165) is 16.7 Å². The molecule has 0 radical (unpaired) electrons. The summed E-state index contributed by atoms with van der Waals surface area (Å²) in [6.45, 7) is 1.87. The molecule has 8 nitrogen and oxygen atoms in total. The first-order valence-electron chi connectivity index (χ1n) is 9.64. The molecule has 32 heavy (non-hydrogen) atoms. The maximum Gasteiger partial charge on any atom is 0.343 e. The molecule has 11 heteroatoms. The van der Waals surface area contributed by atoms with Crippen molar-refractivity contribution in [3.8, 4) is 0 Å². The first-order chi connectivity index (χ1) is 15.1. The number of ether oxygens (including phenoxy) is 1. The summed E-state index contributed by atoms with van der Waals surface area (Å²) in [7, 11) is -3.26. The maximum absolute atomic E-state index is 12.6. The van der Waals surface area contributed by atoms with Gasteiger partial charge in [-0.05, 0) is 31.0 Å². The van der Waals surface area contributed by atoms with Crippen molar-refractivity contribution in [3.63, 3.8) is 0 Å². The number of carbonyl (C=O) groups excluding carboxylic acids is 2. The van der Waals surface area contributed by atoms with Crippen molar-refractivity contribution < 1.29 is 22.7 Å². The normalized spacial score (nSPS) is 11.5. The van der Waals surface area contributed by atoms with E-state index in [1.165, 1.54) is 16.0 Å². The van der Waals surface area contributed by atoms with Crippen LogP contribution in [0, 0.1) is 6.92 Å². The lowest BCUT2D eigenvalue weighted by Crippen LogP contribution is -2.24. The van der Waals surface area contributed by atoms with E-state index in [1.54, 1.807) is 19.1 Å². The van der Waals surface area contributed by atoms with Gasteiger partial charge in [0.15, 0.2) is 6.61 Å². The quantitative estimate of drug-likeness (QED) is 0.342. The summed E-state index contributed by atoms with van der Waals surface area (Å²) < 4.78 is 31.3. The van der Waals surface area contributed by atoms with Gasteiger partial charge in [0.2, 0.25) is 15.8 Å². The molecule has 3 aromatic rings. The zero-order valence-corrected chi connectivity index (χ0v) is 19.9. The fourth-order valence-electron chi connectivity index (χ4n) is 2.94. The first-order valence-corrected chi connectivity index (χ1v) is 12.7. The lowest BCUT2D eigenvalue weighted by Gasteiger charge is -2.05. The van der Waals surface area contributed by atoms with Crippen LogP contribution in [0.2, 0.25) is 5.15 Å². The highest BCUT2D eigenvalue weighted by Crippen LogP contribution is 2.23. The number of carbonyl (C=O) groups is 2. The molecule has 1 N–H and O–H groups in total. The SMILES string of the molecule is Cc1nn(Cc2ccccc2)c(Cl)c1C(=O)OCC(=O)c1ccc(CCNS(C)(=O)=O)s1. The van der Waals surface area contributed by atoms with Crippen molar-refractivity contribution in [3.05, 3.63) is 74.2 Å². The number of nitrogens with zero attached hydrogens (tertiary/aromatic N) is 2. The van der Waals surface area contributed by atoms with Crippen LogP contribution in [0.1, 0.15) is 36.2 Å². The standard InChI is InChI=1S/C21H22ClN3O5S2/c1-14-19(20(22)25(24-14)12-15-6-4-3-5-7-15)21(27)30-13-17(26)18-9-8-16(31-18)10-11-23-32(2,28)29/h3-9,23H,10-13H2,1-2H3. The molecule has 0 fully saturated rings. The summed E-state index contributed by atoms with van der Waals surface area (Å²) in [4.78, 5) is 26.2. The van der Waals surface area contributed by atoms with Gasteiger partial charge in [-0.1, -0.05) is 41.9 Å². The van der Waals surface area contributed by atoms with Crippen molar-refractivity contribution in [2.75, 3.05) is 19.4 Å².